The first-order valence-electron chi connectivity index (χ1n) is 8.17. The molecule has 2 aliphatic carbocycles. The third-order valence-electron chi connectivity index (χ3n) is 5.86. The van der Waals surface area contributed by atoms with E-state index in [2.05, 4.69) is 27.7 Å². The minimum absolute atomic E-state index is 0.565. The zero-order valence-electron chi connectivity index (χ0n) is 13.2. The van der Waals surface area contributed by atoms with Crippen LogP contribution in [0.3, 0.4) is 0 Å². The number of hydrogen-bond donors (Lipinski definition) is 0. The highest BCUT2D eigenvalue weighted by atomic mass is 17.4. The molecule has 116 valence electrons. The van der Waals surface area contributed by atoms with Crippen LogP contribution in [0.1, 0.15) is 66.2 Å². The SMILES string of the molecule is C[C@@H]1CCC2(C[C@@H]1C)OOC1(CC[C@H](C)[C@@H](C)C1)OO2. The molecule has 1 aliphatic heterocycles. The van der Waals surface area contributed by atoms with Crippen molar-refractivity contribution < 1.29 is 19.6 Å². The van der Waals surface area contributed by atoms with E-state index < -0.39 is 11.6 Å². The lowest BCUT2D eigenvalue weighted by atomic mass is 9.78. The van der Waals surface area contributed by atoms with Gasteiger partial charge in [-0.05, 0) is 36.5 Å². The van der Waals surface area contributed by atoms with Crippen LogP contribution < -0.4 is 0 Å². The second-order valence-electron chi connectivity index (χ2n) is 7.55. The Morgan fingerprint density at radius 3 is 1.25 bits per heavy atom. The van der Waals surface area contributed by atoms with Crippen molar-refractivity contribution >= 4 is 0 Å². The Morgan fingerprint density at radius 1 is 0.600 bits per heavy atom. The Kier molecular flexibility index (Phi) is 3.87. The van der Waals surface area contributed by atoms with Gasteiger partial charge in [0.1, 0.15) is 0 Å². The molecule has 4 atom stereocenters. The molecule has 3 aliphatic rings. The largest absolute Gasteiger partial charge is 0.234 e. The van der Waals surface area contributed by atoms with Crippen molar-refractivity contribution in [2.75, 3.05) is 0 Å². The molecule has 2 saturated carbocycles. The van der Waals surface area contributed by atoms with Gasteiger partial charge in [-0.25, -0.2) is 0 Å². The third-order valence-corrected chi connectivity index (χ3v) is 5.86. The average Bonchev–Trinajstić information content (AvgIpc) is 2.43. The molecule has 3 rings (SSSR count). The predicted molar refractivity (Wildman–Crippen MR) is 74.2 cm³/mol. The zero-order chi connectivity index (χ0) is 14.4. The maximum Gasteiger partial charge on any atom is 0.234 e. The van der Waals surface area contributed by atoms with Crippen molar-refractivity contribution in [3.8, 4) is 0 Å². The molecule has 2 spiro atoms. The van der Waals surface area contributed by atoms with Crippen molar-refractivity contribution in [3.05, 3.63) is 0 Å². The Balaban J connectivity index is 1.62. The zero-order valence-corrected chi connectivity index (χ0v) is 13.2. The van der Waals surface area contributed by atoms with E-state index >= 15 is 0 Å². The first kappa shape index (κ1) is 14.8. The second kappa shape index (κ2) is 5.24. The standard InChI is InChI=1S/C16H28O4/c1-11-5-7-15(9-13(11)3)17-19-16(20-18-15)8-6-12(2)14(4)10-16/h11-14H,5-10H2,1-4H3/t11-,12+,13-,14-,15?,16?/m0/s1. The van der Waals surface area contributed by atoms with Gasteiger partial charge in [-0.1, -0.05) is 27.7 Å². The van der Waals surface area contributed by atoms with Crippen LogP contribution in [-0.2, 0) is 19.6 Å². The first-order chi connectivity index (χ1) is 9.44. The van der Waals surface area contributed by atoms with Crippen LogP contribution in [-0.4, -0.2) is 11.6 Å². The van der Waals surface area contributed by atoms with Crippen LogP contribution in [0.25, 0.3) is 0 Å². The van der Waals surface area contributed by atoms with E-state index in [9.17, 15) is 0 Å². The van der Waals surface area contributed by atoms with E-state index in [-0.39, 0.29) is 0 Å². The van der Waals surface area contributed by atoms with Gasteiger partial charge < -0.3 is 0 Å². The smallest absolute Gasteiger partial charge is 0.195 e. The van der Waals surface area contributed by atoms with Crippen molar-refractivity contribution in [1.82, 2.24) is 0 Å². The monoisotopic (exact) mass is 284 g/mol. The van der Waals surface area contributed by atoms with E-state index in [0.29, 0.717) is 23.7 Å². The molecule has 0 N–H and O–H groups in total. The summed E-state index contributed by atoms with van der Waals surface area (Å²) in [4.78, 5) is 23.0. The van der Waals surface area contributed by atoms with Gasteiger partial charge in [0.05, 0.1) is 0 Å². The summed E-state index contributed by atoms with van der Waals surface area (Å²) in [7, 11) is 0. The molecule has 0 bridgehead atoms. The molecule has 4 nitrogen and oxygen atoms in total. The van der Waals surface area contributed by atoms with Crippen LogP contribution in [0.4, 0.5) is 0 Å². The summed E-state index contributed by atoms with van der Waals surface area (Å²) in [6.45, 7) is 9.06. The summed E-state index contributed by atoms with van der Waals surface area (Å²) in [6, 6.07) is 0. The molecular weight excluding hydrogens is 256 g/mol. The summed E-state index contributed by atoms with van der Waals surface area (Å²) in [5, 5.41) is 0. The van der Waals surface area contributed by atoms with Crippen molar-refractivity contribution in [3.63, 3.8) is 0 Å². The Morgan fingerprint density at radius 2 is 0.950 bits per heavy atom. The van der Waals surface area contributed by atoms with E-state index in [1.165, 1.54) is 0 Å². The highest BCUT2D eigenvalue weighted by Crippen LogP contribution is 2.48. The summed E-state index contributed by atoms with van der Waals surface area (Å²) in [5.74, 6) is 1.19. The highest BCUT2D eigenvalue weighted by molar-refractivity contribution is 4.85. The topological polar surface area (TPSA) is 36.9 Å². The number of hydrogen-bond acceptors (Lipinski definition) is 4. The highest BCUT2D eigenvalue weighted by Gasteiger charge is 2.53. The molecule has 0 aromatic heterocycles. The Labute approximate surface area is 122 Å². The van der Waals surface area contributed by atoms with E-state index in [1.807, 2.05) is 0 Å². The summed E-state index contributed by atoms with van der Waals surface area (Å²) >= 11 is 0. The minimum Gasteiger partial charge on any atom is -0.195 e. The Bertz CT molecular complexity index is 314. The first-order valence-corrected chi connectivity index (χ1v) is 8.17. The molecule has 0 radical (unpaired) electrons. The van der Waals surface area contributed by atoms with Crippen LogP contribution in [0.5, 0.6) is 0 Å². The van der Waals surface area contributed by atoms with Crippen molar-refractivity contribution in [1.29, 1.82) is 0 Å². The molecule has 0 aromatic carbocycles. The van der Waals surface area contributed by atoms with Gasteiger partial charge in [-0.2, -0.15) is 19.6 Å². The van der Waals surface area contributed by atoms with Gasteiger partial charge in [-0.15, -0.1) is 0 Å². The minimum atomic E-state index is -0.677. The molecule has 0 amide bonds. The summed E-state index contributed by atoms with van der Waals surface area (Å²) < 4.78 is 0. The maximum atomic E-state index is 5.75. The Hall–Kier alpha value is -0.160. The van der Waals surface area contributed by atoms with Crippen LogP contribution in [0.2, 0.25) is 0 Å². The van der Waals surface area contributed by atoms with Gasteiger partial charge in [-0.3, -0.25) is 0 Å². The lowest BCUT2D eigenvalue weighted by Gasteiger charge is -2.49. The van der Waals surface area contributed by atoms with Gasteiger partial charge in [0.25, 0.3) is 0 Å². The fourth-order valence-electron chi connectivity index (χ4n) is 3.69. The van der Waals surface area contributed by atoms with Crippen LogP contribution in [0, 0.1) is 23.7 Å². The summed E-state index contributed by atoms with van der Waals surface area (Å²) in [5.41, 5.74) is 0. The van der Waals surface area contributed by atoms with Gasteiger partial charge >= 0.3 is 0 Å². The molecule has 0 unspecified atom stereocenters. The van der Waals surface area contributed by atoms with E-state index in [1.54, 1.807) is 0 Å². The van der Waals surface area contributed by atoms with Gasteiger partial charge in [0.2, 0.25) is 11.6 Å². The second-order valence-corrected chi connectivity index (χ2v) is 7.55. The molecule has 20 heavy (non-hydrogen) atoms. The van der Waals surface area contributed by atoms with Gasteiger partial charge in [0, 0.05) is 25.7 Å². The van der Waals surface area contributed by atoms with Crippen LogP contribution >= 0.6 is 0 Å². The maximum absolute atomic E-state index is 5.75. The quantitative estimate of drug-likeness (QED) is 0.625. The average molecular weight is 284 g/mol. The fourth-order valence-corrected chi connectivity index (χ4v) is 3.69. The van der Waals surface area contributed by atoms with Crippen molar-refractivity contribution in [2.45, 2.75) is 77.8 Å². The van der Waals surface area contributed by atoms with E-state index in [0.717, 1.165) is 38.5 Å². The predicted octanol–water partition coefficient (Wildman–Crippen LogP) is 4.20. The molecule has 4 heteroatoms. The third kappa shape index (κ3) is 2.63. The molecule has 1 saturated heterocycles. The van der Waals surface area contributed by atoms with Gasteiger partial charge in [0.15, 0.2) is 0 Å². The fraction of sp³-hybridized carbons (Fsp3) is 1.00. The lowest BCUT2D eigenvalue weighted by molar-refractivity contribution is -0.665. The molecular formula is C16H28O4. The molecule has 3 fully saturated rings. The molecule has 1 heterocycles. The lowest BCUT2D eigenvalue weighted by Crippen LogP contribution is -2.55. The van der Waals surface area contributed by atoms with E-state index in [4.69, 9.17) is 19.6 Å². The normalized spacial score (nSPS) is 53.4. The number of rotatable bonds is 0. The van der Waals surface area contributed by atoms with Crippen molar-refractivity contribution in [2.24, 2.45) is 23.7 Å². The summed E-state index contributed by atoms with van der Waals surface area (Å²) in [6.07, 6.45) is 5.57. The molecule has 0 aromatic rings. The van der Waals surface area contributed by atoms with Crippen LogP contribution in [0.15, 0.2) is 0 Å².